The van der Waals surface area contributed by atoms with Gasteiger partial charge in [-0.15, -0.1) is 5.10 Å². The van der Waals surface area contributed by atoms with Crippen LogP contribution in [0.1, 0.15) is 15.9 Å². The van der Waals surface area contributed by atoms with Crippen LogP contribution in [-0.2, 0) is 5.75 Å². The number of carbonyl (C=O) groups is 1. The molecule has 0 bridgehead atoms. The average molecular weight is 345 g/mol. The number of carbonyl (C=O) groups excluding carboxylic acids is 1. The van der Waals surface area contributed by atoms with Gasteiger partial charge in [-0.3, -0.25) is 10.1 Å². The quantitative estimate of drug-likeness (QED) is 0.686. The zero-order valence-electron chi connectivity index (χ0n) is 12.0. The number of H-pyrrole nitrogens is 1. The lowest BCUT2D eigenvalue weighted by molar-refractivity contribution is 0.102. The van der Waals surface area contributed by atoms with E-state index < -0.39 is 0 Å². The second-order valence-corrected chi connectivity index (χ2v) is 6.08. The summed E-state index contributed by atoms with van der Waals surface area (Å²) >= 11 is 7.33. The van der Waals surface area contributed by atoms with Gasteiger partial charge in [0.15, 0.2) is 0 Å². The Kier molecular flexibility index (Phi) is 4.95. The third-order valence-electron chi connectivity index (χ3n) is 3.01. The highest BCUT2D eigenvalue weighted by atomic mass is 35.5. The summed E-state index contributed by atoms with van der Waals surface area (Å²) in [6.45, 7) is 0. The van der Waals surface area contributed by atoms with Gasteiger partial charge in [0.1, 0.15) is 0 Å². The molecule has 5 nitrogen and oxygen atoms in total. The van der Waals surface area contributed by atoms with Crippen LogP contribution in [0.3, 0.4) is 0 Å². The van der Waals surface area contributed by atoms with Crippen LogP contribution in [0.5, 0.6) is 0 Å². The van der Waals surface area contributed by atoms with Crippen LogP contribution < -0.4 is 5.32 Å². The van der Waals surface area contributed by atoms with Gasteiger partial charge in [0, 0.05) is 16.3 Å². The van der Waals surface area contributed by atoms with E-state index in [1.807, 2.05) is 42.5 Å². The summed E-state index contributed by atoms with van der Waals surface area (Å²) in [5, 5.41) is 10.8. The fourth-order valence-corrected chi connectivity index (χ4v) is 2.74. The van der Waals surface area contributed by atoms with Crippen molar-refractivity contribution in [2.45, 2.75) is 10.9 Å². The lowest BCUT2D eigenvalue weighted by Gasteiger charge is -2.00. The Hall–Kier alpha value is -2.31. The standard InChI is InChI=1S/C16H13ClN4OS/c17-13-8-6-11(7-9-13)10-23-16-19-15(20-21-16)18-14(22)12-4-2-1-3-5-12/h1-9H,10H2,(H2,18,19,20,21,22). The number of nitrogens with one attached hydrogen (secondary N) is 2. The summed E-state index contributed by atoms with van der Waals surface area (Å²) in [4.78, 5) is 16.3. The summed E-state index contributed by atoms with van der Waals surface area (Å²) in [5.74, 6) is 0.828. The lowest BCUT2D eigenvalue weighted by Crippen LogP contribution is -2.12. The normalized spacial score (nSPS) is 10.5. The van der Waals surface area contributed by atoms with Crippen LogP contribution in [0.2, 0.25) is 5.02 Å². The van der Waals surface area contributed by atoms with E-state index in [4.69, 9.17) is 11.6 Å². The number of thioether (sulfide) groups is 1. The monoisotopic (exact) mass is 344 g/mol. The van der Waals surface area contributed by atoms with Gasteiger partial charge in [-0.2, -0.15) is 4.98 Å². The van der Waals surface area contributed by atoms with E-state index in [1.165, 1.54) is 11.8 Å². The average Bonchev–Trinajstić information content (AvgIpc) is 3.02. The van der Waals surface area contributed by atoms with Crippen molar-refractivity contribution in [2.75, 3.05) is 5.32 Å². The van der Waals surface area contributed by atoms with Crippen LogP contribution in [-0.4, -0.2) is 21.1 Å². The maximum absolute atomic E-state index is 12.0. The summed E-state index contributed by atoms with van der Waals surface area (Å²) in [5.41, 5.74) is 1.69. The van der Waals surface area contributed by atoms with Crippen molar-refractivity contribution < 1.29 is 4.79 Å². The minimum absolute atomic E-state index is 0.226. The molecule has 0 aliphatic heterocycles. The molecule has 23 heavy (non-hydrogen) atoms. The number of anilines is 1. The highest BCUT2D eigenvalue weighted by molar-refractivity contribution is 7.98. The first-order chi connectivity index (χ1) is 11.2. The topological polar surface area (TPSA) is 70.7 Å². The van der Waals surface area contributed by atoms with Crippen LogP contribution >= 0.6 is 23.4 Å². The fraction of sp³-hybridized carbons (Fsp3) is 0.0625. The highest BCUT2D eigenvalue weighted by Gasteiger charge is 2.09. The molecule has 0 atom stereocenters. The Morgan fingerprint density at radius 1 is 1.13 bits per heavy atom. The Morgan fingerprint density at radius 2 is 1.87 bits per heavy atom. The number of aromatic amines is 1. The first kappa shape index (κ1) is 15.6. The molecular formula is C16H13ClN4OS. The molecule has 1 aromatic heterocycles. The van der Waals surface area contributed by atoms with Gasteiger partial charge in [-0.05, 0) is 29.8 Å². The maximum Gasteiger partial charge on any atom is 0.258 e. The summed E-state index contributed by atoms with van der Waals surface area (Å²) in [7, 11) is 0. The smallest absolute Gasteiger partial charge is 0.258 e. The van der Waals surface area contributed by atoms with Crippen LogP contribution in [0.25, 0.3) is 0 Å². The third kappa shape index (κ3) is 4.34. The highest BCUT2D eigenvalue weighted by Crippen LogP contribution is 2.21. The van der Waals surface area contributed by atoms with E-state index in [0.717, 1.165) is 11.3 Å². The summed E-state index contributed by atoms with van der Waals surface area (Å²) in [6.07, 6.45) is 0. The molecule has 2 aromatic carbocycles. The number of amides is 1. The first-order valence-corrected chi connectivity index (χ1v) is 8.23. The molecule has 0 saturated carbocycles. The Bertz CT molecular complexity index is 789. The van der Waals surface area contributed by atoms with Crippen LogP contribution in [0.4, 0.5) is 5.95 Å². The fourth-order valence-electron chi connectivity index (χ4n) is 1.86. The molecule has 0 radical (unpaired) electrons. The number of nitrogens with zero attached hydrogens (tertiary/aromatic N) is 2. The lowest BCUT2D eigenvalue weighted by atomic mass is 10.2. The van der Waals surface area contributed by atoms with E-state index in [0.29, 0.717) is 21.7 Å². The third-order valence-corrected chi connectivity index (χ3v) is 4.18. The SMILES string of the molecule is O=C(Nc1nc(SCc2ccc(Cl)cc2)n[nH]1)c1ccccc1. The maximum atomic E-state index is 12.0. The van der Waals surface area contributed by atoms with Crippen molar-refractivity contribution >= 4 is 35.2 Å². The Morgan fingerprint density at radius 3 is 2.61 bits per heavy atom. The van der Waals surface area contributed by atoms with Crippen molar-refractivity contribution in [1.29, 1.82) is 0 Å². The molecule has 3 aromatic rings. The molecule has 1 amide bonds. The number of hydrogen-bond acceptors (Lipinski definition) is 4. The van der Waals surface area contributed by atoms with Crippen LogP contribution in [0.15, 0.2) is 59.8 Å². The minimum Gasteiger partial charge on any atom is -0.291 e. The predicted octanol–water partition coefficient (Wildman–Crippen LogP) is 4.00. The number of rotatable bonds is 5. The Labute approximate surface area is 142 Å². The van der Waals surface area contributed by atoms with Gasteiger partial charge >= 0.3 is 0 Å². The second-order valence-electron chi connectivity index (χ2n) is 4.70. The Balaban J connectivity index is 1.57. The van der Waals surface area contributed by atoms with Crippen molar-refractivity contribution in [3.8, 4) is 0 Å². The number of halogens is 1. The molecule has 7 heteroatoms. The van der Waals surface area contributed by atoms with Gasteiger partial charge in [0.25, 0.3) is 5.91 Å². The molecule has 2 N–H and O–H groups in total. The first-order valence-electron chi connectivity index (χ1n) is 6.87. The predicted molar refractivity (Wildman–Crippen MR) is 91.8 cm³/mol. The van der Waals surface area contributed by atoms with Gasteiger partial charge in [0.2, 0.25) is 11.1 Å². The number of benzene rings is 2. The van der Waals surface area contributed by atoms with E-state index in [2.05, 4.69) is 20.5 Å². The van der Waals surface area contributed by atoms with Gasteiger partial charge in [-0.1, -0.05) is 53.7 Å². The largest absolute Gasteiger partial charge is 0.291 e. The van der Waals surface area contributed by atoms with E-state index in [9.17, 15) is 4.79 Å². The second kappa shape index (κ2) is 7.30. The summed E-state index contributed by atoms with van der Waals surface area (Å²) < 4.78 is 0. The van der Waals surface area contributed by atoms with Crippen molar-refractivity contribution in [1.82, 2.24) is 15.2 Å². The molecule has 0 aliphatic rings. The molecular weight excluding hydrogens is 332 g/mol. The van der Waals surface area contributed by atoms with Crippen LogP contribution in [0, 0.1) is 0 Å². The molecule has 116 valence electrons. The molecule has 0 aliphatic carbocycles. The zero-order valence-corrected chi connectivity index (χ0v) is 13.6. The van der Waals surface area contributed by atoms with Crippen molar-refractivity contribution in [3.63, 3.8) is 0 Å². The zero-order chi connectivity index (χ0) is 16.1. The molecule has 0 saturated heterocycles. The molecule has 0 fully saturated rings. The van der Waals surface area contributed by atoms with Gasteiger partial charge in [-0.25, -0.2) is 5.10 Å². The molecule has 1 heterocycles. The van der Waals surface area contributed by atoms with E-state index in [1.54, 1.807) is 12.1 Å². The molecule has 3 rings (SSSR count). The van der Waals surface area contributed by atoms with Crippen molar-refractivity contribution in [2.24, 2.45) is 0 Å². The van der Waals surface area contributed by atoms with E-state index >= 15 is 0 Å². The van der Waals surface area contributed by atoms with E-state index in [-0.39, 0.29) is 5.91 Å². The van der Waals surface area contributed by atoms with Gasteiger partial charge < -0.3 is 0 Å². The molecule has 0 unspecified atom stereocenters. The van der Waals surface area contributed by atoms with Gasteiger partial charge in [0.05, 0.1) is 0 Å². The van der Waals surface area contributed by atoms with Crippen molar-refractivity contribution in [3.05, 3.63) is 70.7 Å². The molecule has 0 spiro atoms. The number of hydrogen-bond donors (Lipinski definition) is 2. The number of aromatic nitrogens is 3. The summed E-state index contributed by atoms with van der Waals surface area (Å²) in [6, 6.07) is 16.6. The minimum atomic E-state index is -0.226.